The summed E-state index contributed by atoms with van der Waals surface area (Å²) in [7, 11) is 0. The lowest BCUT2D eigenvalue weighted by Crippen LogP contribution is -2.23. The van der Waals surface area contributed by atoms with E-state index in [0.29, 0.717) is 6.10 Å². The molecule has 4 heteroatoms. The van der Waals surface area contributed by atoms with Gasteiger partial charge in [0.2, 0.25) is 0 Å². The lowest BCUT2D eigenvalue weighted by molar-refractivity contribution is -0.0781. The van der Waals surface area contributed by atoms with Gasteiger partial charge in [-0.1, -0.05) is 32.6 Å². The Bertz CT molecular complexity index is 280. The zero-order valence-electron chi connectivity index (χ0n) is 10.0. The summed E-state index contributed by atoms with van der Waals surface area (Å²) >= 11 is 0. The number of rotatable bonds is 5. The van der Waals surface area contributed by atoms with Crippen molar-refractivity contribution in [1.82, 2.24) is 14.8 Å². The van der Waals surface area contributed by atoms with E-state index in [-0.39, 0.29) is 6.23 Å². The van der Waals surface area contributed by atoms with Crippen LogP contribution in [0.1, 0.15) is 58.1 Å². The average Bonchev–Trinajstić information content (AvgIpc) is 2.83. The van der Waals surface area contributed by atoms with Crippen molar-refractivity contribution in [3.63, 3.8) is 0 Å². The van der Waals surface area contributed by atoms with Gasteiger partial charge in [-0.25, -0.2) is 9.67 Å². The molecular weight excluding hydrogens is 202 g/mol. The van der Waals surface area contributed by atoms with Crippen LogP contribution in [0.3, 0.4) is 0 Å². The summed E-state index contributed by atoms with van der Waals surface area (Å²) in [6, 6.07) is 0. The molecule has 1 aromatic rings. The van der Waals surface area contributed by atoms with E-state index in [9.17, 15) is 0 Å². The van der Waals surface area contributed by atoms with Gasteiger partial charge < -0.3 is 4.74 Å². The van der Waals surface area contributed by atoms with Gasteiger partial charge in [-0.3, -0.25) is 0 Å². The molecule has 1 aliphatic carbocycles. The molecule has 0 N–H and O–H groups in total. The van der Waals surface area contributed by atoms with E-state index in [0.717, 1.165) is 12.8 Å². The van der Waals surface area contributed by atoms with Gasteiger partial charge in [0.05, 0.1) is 6.10 Å². The summed E-state index contributed by atoms with van der Waals surface area (Å²) in [6.07, 6.45) is 12.3. The molecule has 2 rings (SSSR count). The molecule has 1 fully saturated rings. The van der Waals surface area contributed by atoms with Gasteiger partial charge in [0, 0.05) is 0 Å². The van der Waals surface area contributed by atoms with E-state index >= 15 is 0 Å². The molecule has 0 saturated heterocycles. The minimum Gasteiger partial charge on any atom is -0.353 e. The standard InChI is InChI=1S/C12H21N3O/c1-2-6-12(15-10-13-9-14-15)16-11-7-4-3-5-8-11/h9-12H,2-8H2,1H3. The maximum absolute atomic E-state index is 6.14. The van der Waals surface area contributed by atoms with Gasteiger partial charge >= 0.3 is 0 Å². The molecule has 16 heavy (non-hydrogen) atoms. The molecular formula is C12H21N3O. The molecule has 0 spiro atoms. The second kappa shape index (κ2) is 5.99. The first kappa shape index (κ1) is 11.6. The Labute approximate surface area is 97.0 Å². The van der Waals surface area contributed by atoms with Crippen LogP contribution < -0.4 is 0 Å². The van der Waals surface area contributed by atoms with Crippen molar-refractivity contribution >= 4 is 0 Å². The molecule has 90 valence electrons. The Kier molecular flexibility index (Phi) is 4.34. The third-order valence-corrected chi connectivity index (χ3v) is 3.17. The molecule has 1 saturated carbocycles. The van der Waals surface area contributed by atoms with Gasteiger partial charge in [0.1, 0.15) is 12.7 Å². The Hall–Kier alpha value is -0.900. The number of ether oxygens (including phenoxy) is 1. The van der Waals surface area contributed by atoms with E-state index < -0.39 is 0 Å². The monoisotopic (exact) mass is 223 g/mol. The highest BCUT2D eigenvalue weighted by Crippen LogP contribution is 2.25. The summed E-state index contributed by atoms with van der Waals surface area (Å²) < 4.78 is 7.98. The maximum atomic E-state index is 6.14. The molecule has 0 bridgehead atoms. The van der Waals surface area contributed by atoms with Crippen molar-refractivity contribution in [2.24, 2.45) is 0 Å². The molecule has 0 aliphatic heterocycles. The predicted octanol–water partition coefficient (Wildman–Crippen LogP) is 2.93. The van der Waals surface area contributed by atoms with Crippen LogP contribution >= 0.6 is 0 Å². The topological polar surface area (TPSA) is 39.9 Å². The van der Waals surface area contributed by atoms with E-state index in [1.807, 2.05) is 4.68 Å². The Balaban J connectivity index is 1.91. The number of hydrogen-bond donors (Lipinski definition) is 0. The zero-order valence-corrected chi connectivity index (χ0v) is 10.0. The first-order valence-corrected chi connectivity index (χ1v) is 6.39. The largest absolute Gasteiger partial charge is 0.353 e. The first-order chi connectivity index (χ1) is 7.90. The number of nitrogens with zero attached hydrogens (tertiary/aromatic N) is 3. The van der Waals surface area contributed by atoms with Crippen LogP contribution in [0, 0.1) is 0 Å². The molecule has 4 nitrogen and oxygen atoms in total. The summed E-state index contributed by atoms with van der Waals surface area (Å²) in [5.41, 5.74) is 0. The van der Waals surface area contributed by atoms with E-state index in [2.05, 4.69) is 17.0 Å². The number of hydrogen-bond acceptors (Lipinski definition) is 3. The normalized spacial score (nSPS) is 19.8. The van der Waals surface area contributed by atoms with Crippen molar-refractivity contribution in [1.29, 1.82) is 0 Å². The van der Waals surface area contributed by atoms with E-state index in [1.165, 1.54) is 32.1 Å². The fraction of sp³-hybridized carbons (Fsp3) is 0.833. The molecule has 0 aromatic carbocycles. The SMILES string of the molecule is CCCC(OC1CCCCC1)n1cncn1. The van der Waals surface area contributed by atoms with Crippen molar-refractivity contribution in [2.45, 2.75) is 64.2 Å². The highest BCUT2D eigenvalue weighted by Gasteiger charge is 2.20. The van der Waals surface area contributed by atoms with E-state index in [1.54, 1.807) is 12.7 Å². The second-order valence-corrected chi connectivity index (χ2v) is 4.51. The van der Waals surface area contributed by atoms with Crippen LogP contribution in [0.2, 0.25) is 0 Å². The van der Waals surface area contributed by atoms with Gasteiger partial charge in [-0.2, -0.15) is 5.10 Å². The van der Waals surface area contributed by atoms with Crippen molar-refractivity contribution in [2.75, 3.05) is 0 Å². The van der Waals surface area contributed by atoms with E-state index in [4.69, 9.17) is 4.74 Å². The van der Waals surface area contributed by atoms with Crippen molar-refractivity contribution in [3.05, 3.63) is 12.7 Å². The average molecular weight is 223 g/mol. The lowest BCUT2D eigenvalue weighted by Gasteiger charge is -2.27. The van der Waals surface area contributed by atoms with Crippen molar-refractivity contribution < 1.29 is 4.74 Å². The first-order valence-electron chi connectivity index (χ1n) is 6.39. The Morgan fingerprint density at radius 2 is 2.19 bits per heavy atom. The summed E-state index contributed by atoms with van der Waals surface area (Å²) in [6.45, 7) is 2.17. The smallest absolute Gasteiger partial charge is 0.152 e. The number of aromatic nitrogens is 3. The molecule has 1 unspecified atom stereocenters. The molecule has 1 aliphatic rings. The predicted molar refractivity (Wildman–Crippen MR) is 61.9 cm³/mol. The fourth-order valence-corrected chi connectivity index (χ4v) is 2.30. The quantitative estimate of drug-likeness (QED) is 0.770. The van der Waals surface area contributed by atoms with Crippen molar-refractivity contribution in [3.8, 4) is 0 Å². The lowest BCUT2D eigenvalue weighted by atomic mass is 9.98. The van der Waals surface area contributed by atoms with Crippen LogP contribution in [-0.4, -0.2) is 20.9 Å². The summed E-state index contributed by atoms with van der Waals surface area (Å²) in [5, 5.41) is 4.18. The Morgan fingerprint density at radius 1 is 1.38 bits per heavy atom. The minimum atomic E-state index is 0.0793. The van der Waals surface area contributed by atoms with Crippen LogP contribution in [0.5, 0.6) is 0 Å². The third kappa shape index (κ3) is 3.04. The van der Waals surface area contributed by atoms with Crippen LogP contribution in [0.15, 0.2) is 12.7 Å². The molecule has 1 heterocycles. The van der Waals surface area contributed by atoms with Crippen LogP contribution in [0.4, 0.5) is 0 Å². The van der Waals surface area contributed by atoms with Gasteiger partial charge in [-0.05, 0) is 19.3 Å². The highest BCUT2D eigenvalue weighted by molar-refractivity contribution is 4.68. The summed E-state index contributed by atoms with van der Waals surface area (Å²) in [5.74, 6) is 0. The zero-order chi connectivity index (χ0) is 11.2. The molecule has 1 atom stereocenters. The molecule has 0 radical (unpaired) electrons. The minimum absolute atomic E-state index is 0.0793. The highest BCUT2D eigenvalue weighted by atomic mass is 16.5. The van der Waals surface area contributed by atoms with Gasteiger partial charge in [0.25, 0.3) is 0 Å². The molecule has 1 aromatic heterocycles. The second-order valence-electron chi connectivity index (χ2n) is 4.51. The molecule has 0 amide bonds. The van der Waals surface area contributed by atoms with Crippen LogP contribution in [-0.2, 0) is 4.74 Å². The fourth-order valence-electron chi connectivity index (χ4n) is 2.30. The maximum Gasteiger partial charge on any atom is 0.152 e. The van der Waals surface area contributed by atoms with Crippen LogP contribution in [0.25, 0.3) is 0 Å². The third-order valence-electron chi connectivity index (χ3n) is 3.17. The summed E-state index contributed by atoms with van der Waals surface area (Å²) in [4.78, 5) is 3.99. The Morgan fingerprint density at radius 3 is 2.81 bits per heavy atom. The van der Waals surface area contributed by atoms with Gasteiger partial charge in [0.15, 0.2) is 6.23 Å². The van der Waals surface area contributed by atoms with Gasteiger partial charge in [-0.15, -0.1) is 0 Å².